The fourth-order valence-electron chi connectivity index (χ4n) is 1.47. The van der Waals surface area contributed by atoms with Gasteiger partial charge in [-0.25, -0.2) is 9.59 Å². The molecule has 1 atom stereocenters. The van der Waals surface area contributed by atoms with Gasteiger partial charge >= 0.3 is 11.9 Å². The van der Waals surface area contributed by atoms with Gasteiger partial charge in [0.2, 0.25) is 6.10 Å². The molecule has 84 valence electrons. The van der Waals surface area contributed by atoms with Crippen molar-refractivity contribution in [3.8, 4) is 0 Å². The minimum Gasteiger partial charge on any atom is -0.463 e. The molecule has 0 aliphatic carbocycles. The van der Waals surface area contributed by atoms with E-state index in [1.54, 1.807) is 12.1 Å². The van der Waals surface area contributed by atoms with Crippen LogP contribution in [0.1, 0.15) is 22.3 Å². The van der Waals surface area contributed by atoms with Gasteiger partial charge in [-0.1, -0.05) is 17.7 Å². The quantitative estimate of drug-likeness (QED) is 0.708. The lowest BCUT2D eigenvalue weighted by Gasteiger charge is -2.08. The number of rotatable bonds is 2. The highest BCUT2D eigenvalue weighted by Gasteiger charge is 2.30. The molecule has 0 amide bonds. The Kier molecular flexibility index (Phi) is 2.90. The number of ether oxygens (including phenoxy) is 2. The molecule has 1 aliphatic rings. The Morgan fingerprint density at radius 3 is 2.62 bits per heavy atom. The summed E-state index contributed by atoms with van der Waals surface area (Å²) in [6.07, 6.45) is -0.301. The van der Waals surface area contributed by atoms with Crippen LogP contribution in [0.5, 0.6) is 0 Å². The summed E-state index contributed by atoms with van der Waals surface area (Å²) in [6.45, 7) is 2.26. The molecule has 16 heavy (non-hydrogen) atoms. The maximum absolute atomic E-state index is 11.6. The molecular formula is C12H12O4. The van der Waals surface area contributed by atoms with Crippen LogP contribution in [0.15, 0.2) is 24.3 Å². The monoisotopic (exact) mass is 220 g/mol. The normalized spacial score (nSPS) is 19.3. The maximum atomic E-state index is 11.6. The Balaban J connectivity index is 2.02. The van der Waals surface area contributed by atoms with E-state index >= 15 is 0 Å². The number of carbonyl (C=O) groups is 2. The molecule has 0 spiro atoms. The second-order valence-electron chi connectivity index (χ2n) is 3.72. The van der Waals surface area contributed by atoms with Crippen molar-refractivity contribution >= 4 is 11.9 Å². The summed E-state index contributed by atoms with van der Waals surface area (Å²) in [4.78, 5) is 22.7. The molecule has 1 fully saturated rings. The van der Waals surface area contributed by atoms with Gasteiger partial charge in [0, 0.05) is 6.42 Å². The van der Waals surface area contributed by atoms with E-state index in [1.165, 1.54) is 0 Å². The Bertz CT molecular complexity index is 408. The topological polar surface area (TPSA) is 52.6 Å². The van der Waals surface area contributed by atoms with Crippen LogP contribution in [0, 0.1) is 6.92 Å². The highest BCUT2D eigenvalue weighted by molar-refractivity contribution is 5.91. The van der Waals surface area contributed by atoms with Crippen LogP contribution >= 0.6 is 0 Å². The minimum atomic E-state index is -0.742. The van der Waals surface area contributed by atoms with Gasteiger partial charge in [0.05, 0.1) is 12.2 Å². The first kappa shape index (κ1) is 10.7. The van der Waals surface area contributed by atoms with Crippen LogP contribution in [0.25, 0.3) is 0 Å². The van der Waals surface area contributed by atoms with Crippen LogP contribution in [0.3, 0.4) is 0 Å². The fraction of sp³-hybridized carbons (Fsp3) is 0.333. The zero-order valence-corrected chi connectivity index (χ0v) is 8.93. The van der Waals surface area contributed by atoms with E-state index in [2.05, 4.69) is 0 Å². The van der Waals surface area contributed by atoms with Crippen molar-refractivity contribution in [1.82, 2.24) is 0 Å². The molecule has 4 nitrogen and oxygen atoms in total. The lowest BCUT2D eigenvalue weighted by Crippen LogP contribution is -2.22. The molecular weight excluding hydrogens is 208 g/mol. The van der Waals surface area contributed by atoms with E-state index in [1.807, 2.05) is 19.1 Å². The highest BCUT2D eigenvalue weighted by atomic mass is 16.6. The molecule has 1 aliphatic heterocycles. The van der Waals surface area contributed by atoms with Gasteiger partial charge in [-0.15, -0.1) is 0 Å². The van der Waals surface area contributed by atoms with Gasteiger partial charge in [0.1, 0.15) is 0 Å². The number of esters is 2. The molecule has 0 bridgehead atoms. The SMILES string of the molecule is Cc1ccc(C(=O)OC2CCOC2=O)cc1. The zero-order chi connectivity index (χ0) is 11.5. The second-order valence-corrected chi connectivity index (χ2v) is 3.72. The largest absolute Gasteiger partial charge is 0.463 e. The Hall–Kier alpha value is -1.84. The Morgan fingerprint density at radius 1 is 1.38 bits per heavy atom. The summed E-state index contributed by atoms with van der Waals surface area (Å²) >= 11 is 0. The van der Waals surface area contributed by atoms with Crippen LogP contribution in [0.4, 0.5) is 0 Å². The third-order valence-electron chi connectivity index (χ3n) is 2.42. The van der Waals surface area contributed by atoms with Crippen molar-refractivity contribution < 1.29 is 19.1 Å². The molecule has 0 saturated carbocycles. The Morgan fingerprint density at radius 2 is 2.06 bits per heavy atom. The van der Waals surface area contributed by atoms with Gasteiger partial charge in [-0.3, -0.25) is 0 Å². The predicted octanol–water partition coefficient (Wildman–Crippen LogP) is 1.47. The summed E-state index contributed by atoms with van der Waals surface area (Å²) in [7, 11) is 0. The first-order chi connectivity index (χ1) is 7.66. The summed E-state index contributed by atoms with van der Waals surface area (Å²) in [5.41, 5.74) is 1.52. The Labute approximate surface area is 93.2 Å². The average molecular weight is 220 g/mol. The maximum Gasteiger partial charge on any atom is 0.347 e. The van der Waals surface area contributed by atoms with Crippen molar-refractivity contribution in [1.29, 1.82) is 0 Å². The van der Waals surface area contributed by atoms with Gasteiger partial charge in [0.25, 0.3) is 0 Å². The summed E-state index contributed by atoms with van der Waals surface area (Å²) in [6, 6.07) is 7.00. The van der Waals surface area contributed by atoms with Crippen LogP contribution in [-0.4, -0.2) is 24.6 Å². The predicted molar refractivity (Wildman–Crippen MR) is 56.0 cm³/mol. The zero-order valence-electron chi connectivity index (χ0n) is 8.93. The van der Waals surface area contributed by atoms with E-state index in [9.17, 15) is 9.59 Å². The molecule has 1 unspecified atom stereocenters. The number of benzene rings is 1. The minimum absolute atomic E-state index is 0.324. The van der Waals surface area contributed by atoms with Crippen molar-refractivity contribution in [2.45, 2.75) is 19.4 Å². The van der Waals surface area contributed by atoms with Crippen LogP contribution in [0.2, 0.25) is 0 Å². The van der Waals surface area contributed by atoms with E-state index in [0.29, 0.717) is 18.6 Å². The first-order valence-corrected chi connectivity index (χ1v) is 5.11. The smallest absolute Gasteiger partial charge is 0.347 e. The van der Waals surface area contributed by atoms with Gasteiger partial charge in [0.15, 0.2) is 0 Å². The van der Waals surface area contributed by atoms with Crippen LogP contribution in [-0.2, 0) is 14.3 Å². The third-order valence-corrected chi connectivity index (χ3v) is 2.42. The highest BCUT2D eigenvalue weighted by Crippen LogP contribution is 2.13. The van der Waals surface area contributed by atoms with Crippen molar-refractivity contribution in [3.05, 3.63) is 35.4 Å². The molecule has 2 rings (SSSR count). The number of cyclic esters (lactones) is 1. The summed E-state index contributed by atoms with van der Waals surface area (Å²) < 4.78 is 9.74. The summed E-state index contributed by atoms with van der Waals surface area (Å²) in [5.74, 6) is -0.940. The molecule has 1 aromatic carbocycles. The van der Waals surface area contributed by atoms with E-state index < -0.39 is 18.0 Å². The number of aryl methyl sites for hydroxylation is 1. The summed E-state index contributed by atoms with van der Waals surface area (Å²) in [5, 5.41) is 0. The second kappa shape index (κ2) is 4.35. The van der Waals surface area contributed by atoms with Gasteiger partial charge in [-0.2, -0.15) is 0 Å². The van der Waals surface area contributed by atoms with Gasteiger partial charge in [-0.05, 0) is 19.1 Å². The van der Waals surface area contributed by atoms with Crippen molar-refractivity contribution in [2.75, 3.05) is 6.61 Å². The molecule has 4 heteroatoms. The lowest BCUT2D eigenvalue weighted by atomic mass is 10.1. The molecule has 0 aromatic heterocycles. The molecule has 1 saturated heterocycles. The first-order valence-electron chi connectivity index (χ1n) is 5.11. The third kappa shape index (κ3) is 2.21. The van der Waals surface area contributed by atoms with Gasteiger partial charge < -0.3 is 9.47 Å². The number of hydrogen-bond acceptors (Lipinski definition) is 4. The van der Waals surface area contributed by atoms with Crippen molar-refractivity contribution in [2.24, 2.45) is 0 Å². The van der Waals surface area contributed by atoms with Crippen LogP contribution < -0.4 is 0 Å². The van der Waals surface area contributed by atoms with Crippen molar-refractivity contribution in [3.63, 3.8) is 0 Å². The fourth-order valence-corrected chi connectivity index (χ4v) is 1.47. The molecule has 0 radical (unpaired) electrons. The molecule has 0 N–H and O–H groups in total. The molecule has 1 aromatic rings. The average Bonchev–Trinajstić information content (AvgIpc) is 2.65. The van der Waals surface area contributed by atoms with E-state index in [4.69, 9.17) is 9.47 Å². The van der Waals surface area contributed by atoms with E-state index in [-0.39, 0.29) is 0 Å². The lowest BCUT2D eigenvalue weighted by molar-refractivity contribution is -0.145. The number of carbonyl (C=O) groups excluding carboxylic acids is 2. The standard InChI is InChI=1S/C12H12O4/c1-8-2-4-9(5-3-8)11(13)16-10-6-7-15-12(10)14/h2-5,10H,6-7H2,1H3. The molecule has 1 heterocycles. The number of hydrogen-bond donors (Lipinski definition) is 0. The van der Waals surface area contributed by atoms with E-state index in [0.717, 1.165) is 5.56 Å².